The molecule has 4 amide bonds. The maximum Gasteiger partial charge on any atom is 0.325 e. The molecule has 1 heterocycles. The topological polar surface area (TPSA) is 87.7 Å². The van der Waals surface area contributed by atoms with Crippen LogP contribution in [0.15, 0.2) is 54.6 Å². The molecule has 2 aromatic carbocycles. The predicted molar refractivity (Wildman–Crippen MR) is 104 cm³/mol. The summed E-state index contributed by atoms with van der Waals surface area (Å²) in [6.45, 7) is 3.83. The summed E-state index contributed by atoms with van der Waals surface area (Å²) in [5.41, 5.74) is 0.580. The fourth-order valence-electron chi connectivity index (χ4n) is 3.07. The van der Waals surface area contributed by atoms with Crippen LogP contribution in [0.2, 0.25) is 0 Å². The number of carbonyl (C=O) groups is 3. The van der Waals surface area contributed by atoms with Gasteiger partial charge in [-0.1, -0.05) is 42.5 Å². The van der Waals surface area contributed by atoms with Gasteiger partial charge in [0, 0.05) is 0 Å². The second kappa shape index (κ2) is 8.12. The lowest BCUT2D eigenvalue weighted by Crippen LogP contribution is -2.43. The Morgan fingerprint density at radius 2 is 1.89 bits per heavy atom. The first-order valence-corrected chi connectivity index (χ1v) is 9.06. The molecule has 1 saturated heterocycles. The number of carbonyl (C=O) groups excluding carboxylic acids is 3. The van der Waals surface area contributed by atoms with E-state index in [0.717, 1.165) is 16.2 Å². The second-order valence-corrected chi connectivity index (χ2v) is 6.83. The van der Waals surface area contributed by atoms with Gasteiger partial charge in [0.25, 0.3) is 5.91 Å². The molecule has 3 rings (SSSR count). The first kappa shape index (κ1) is 19.4. The van der Waals surface area contributed by atoms with Crippen molar-refractivity contribution in [3.63, 3.8) is 0 Å². The Balaban J connectivity index is 1.51. The van der Waals surface area contributed by atoms with E-state index in [1.165, 1.54) is 0 Å². The van der Waals surface area contributed by atoms with Gasteiger partial charge in [0.15, 0.2) is 0 Å². The van der Waals surface area contributed by atoms with Gasteiger partial charge >= 0.3 is 6.03 Å². The molecule has 1 atom stereocenters. The van der Waals surface area contributed by atoms with Crippen molar-refractivity contribution in [2.45, 2.75) is 19.4 Å². The molecular weight excluding hydrogens is 358 g/mol. The smallest absolute Gasteiger partial charge is 0.325 e. The van der Waals surface area contributed by atoms with E-state index in [2.05, 4.69) is 10.6 Å². The van der Waals surface area contributed by atoms with Crippen molar-refractivity contribution in [3.05, 3.63) is 65.7 Å². The molecule has 0 radical (unpaired) electrons. The van der Waals surface area contributed by atoms with E-state index in [9.17, 15) is 14.4 Å². The molecule has 7 nitrogen and oxygen atoms in total. The number of benzene rings is 2. The van der Waals surface area contributed by atoms with Gasteiger partial charge in [-0.05, 0) is 37.1 Å². The monoisotopic (exact) mass is 381 g/mol. The van der Waals surface area contributed by atoms with Crippen molar-refractivity contribution < 1.29 is 19.1 Å². The zero-order valence-corrected chi connectivity index (χ0v) is 15.9. The van der Waals surface area contributed by atoms with E-state index in [1.807, 2.05) is 37.3 Å². The van der Waals surface area contributed by atoms with Crippen LogP contribution in [0.4, 0.5) is 4.79 Å². The van der Waals surface area contributed by atoms with Crippen molar-refractivity contribution in [1.29, 1.82) is 0 Å². The molecule has 0 aromatic heterocycles. The Morgan fingerprint density at radius 1 is 1.14 bits per heavy atom. The number of nitrogens with one attached hydrogen (secondary N) is 2. The Hall–Kier alpha value is -3.35. The molecule has 0 aliphatic carbocycles. The Bertz CT molecular complexity index is 884. The van der Waals surface area contributed by atoms with Crippen LogP contribution < -0.4 is 15.4 Å². The number of ether oxygens (including phenoxy) is 1. The standard InChI is InChI=1S/C21H23N3O4/c1-15-7-6-10-17(13-15)28-12-11-22-18(25)14-24-19(26)21(2,23-20(24)27)16-8-4-3-5-9-16/h3-10,13H,11-12,14H2,1-2H3,(H,22,25)(H,23,27). The van der Waals surface area contributed by atoms with Gasteiger partial charge in [-0.3, -0.25) is 14.5 Å². The summed E-state index contributed by atoms with van der Waals surface area (Å²) in [7, 11) is 0. The van der Waals surface area contributed by atoms with E-state index in [-0.39, 0.29) is 19.7 Å². The normalized spacial score (nSPS) is 18.7. The summed E-state index contributed by atoms with van der Waals surface area (Å²) in [5.74, 6) is -0.148. The van der Waals surface area contributed by atoms with E-state index in [0.29, 0.717) is 5.56 Å². The minimum Gasteiger partial charge on any atom is -0.492 e. The average Bonchev–Trinajstić information content (AvgIpc) is 2.90. The lowest BCUT2D eigenvalue weighted by molar-refractivity contribution is -0.134. The minimum atomic E-state index is -1.17. The van der Waals surface area contributed by atoms with Crippen molar-refractivity contribution >= 4 is 17.8 Å². The van der Waals surface area contributed by atoms with Gasteiger partial charge in [0.05, 0.1) is 6.54 Å². The first-order valence-electron chi connectivity index (χ1n) is 9.06. The van der Waals surface area contributed by atoms with Crippen LogP contribution in [-0.2, 0) is 15.1 Å². The average molecular weight is 381 g/mol. The summed E-state index contributed by atoms with van der Waals surface area (Å²) in [6, 6.07) is 16.0. The number of hydrogen-bond donors (Lipinski definition) is 2. The summed E-state index contributed by atoms with van der Waals surface area (Å²) in [5, 5.41) is 5.34. The van der Waals surface area contributed by atoms with Gasteiger partial charge in [0.1, 0.15) is 24.4 Å². The molecule has 1 aliphatic heterocycles. The largest absolute Gasteiger partial charge is 0.492 e. The highest BCUT2D eigenvalue weighted by atomic mass is 16.5. The summed E-state index contributed by atoms with van der Waals surface area (Å²) in [6.07, 6.45) is 0. The van der Waals surface area contributed by atoms with Gasteiger partial charge in [-0.15, -0.1) is 0 Å². The number of rotatable bonds is 7. The molecule has 0 spiro atoms. The van der Waals surface area contributed by atoms with Crippen LogP contribution in [0.3, 0.4) is 0 Å². The molecule has 2 N–H and O–H groups in total. The molecule has 146 valence electrons. The number of amides is 4. The lowest BCUT2D eigenvalue weighted by atomic mass is 9.92. The zero-order chi connectivity index (χ0) is 20.1. The van der Waals surface area contributed by atoms with Crippen molar-refractivity contribution in [2.24, 2.45) is 0 Å². The molecule has 1 aliphatic rings. The van der Waals surface area contributed by atoms with Crippen molar-refractivity contribution in [3.8, 4) is 5.75 Å². The van der Waals surface area contributed by atoms with E-state index < -0.39 is 23.4 Å². The molecule has 0 saturated carbocycles. The van der Waals surface area contributed by atoms with Crippen molar-refractivity contribution in [2.75, 3.05) is 19.7 Å². The fourth-order valence-corrected chi connectivity index (χ4v) is 3.07. The number of aryl methyl sites for hydroxylation is 1. The molecule has 1 fully saturated rings. The van der Waals surface area contributed by atoms with Crippen LogP contribution in [0.5, 0.6) is 5.75 Å². The Kier molecular flexibility index (Phi) is 5.63. The quantitative estimate of drug-likeness (QED) is 0.567. The fraction of sp³-hybridized carbons (Fsp3) is 0.286. The predicted octanol–water partition coefficient (Wildman–Crippen LogP) is 1.96. The van der Waals surface area contributed by atoms with Gasteiger partial charge in [-0.2, -0.15) is 0 Å². The Labute approximate surface area is 163 Å². The number of hydrogen-bond acceptors (Lipinski definition) is 4. The highest BCUT2D eigenvalue weighted by Gasteiger charge is 2.49. The summed E-state index contributed by atoms with van der Waals surface area (Å²) in [4.78, 5) is 38.1. The third-order valence-corrected chi connectivity index (χ3v) is 4.61. The van der Waals surface area contributed by atoms with E-state index in [1.54, 1.807) is 31.2 Å². The summed E-state index contributed by atoms with van der Waals surface area (Å²) < 4.78 is 5.57. The van der Waals surface area contributed by atoms with Crippen molar-refractivity contribution in [1.82, 2.24) is 15.5 Å². The van der Waals surface area contributed by atoms with Gasteiger partial charge < -0.3 is 15.4 Å². The Morgan fingerprint density at radius 3 is 2.61 bits per heavy atom. The number of imide groups is 1. The molecule has 1 unspecified atom stereocenters. The number of urea groups is 1. The SMILES string of the molecule is Cc1cccc(OCCNC(=O)CN2C(=O)NC(C)(c3ccccc3)C2=O)c1. The molecule has 0 bridgehead atoms. The van der Waals surface area contributed by atoms with Crippen LogP contribution in [0.25, 0.3) is 0 Å². The summed E-state index contributed by atoms with van der Waals surface area (Å²) >= 11 is 0. The van der Waals surface area contributed by atoms with Gasteiger partial charge in [0.2, 0.25) is 5.91 Å². The first-order chi connectivity index (χ1) is 13.4. The maximum absolute atomic E-state index is 12.8. The highest BCUT2D eigenvalue weighted by molar-refractivity contribution is 6.09. The van der Waals surface area contributed by atoms with Crippen LogP contribution in [-0.4, -0.2) is 42.4 Å². The molecule has 7 heteroatoms. The number of nitrogens with zero attached hydrogens (tertiary/aromatic N) is 1. The third kappa shape index (κ3) is 4.14. The van der Waals surface area contributed by atoms with Crippen LogP contribution in [0, 0.1) is 6.92 Å². The van der Waals surface area contributed by atoms with Crippen LogP contribution in [0.1, 0.15) is 18.1 Å². The zero-order valence-electron chi connectivity index (χ0n) is 15.9. The third-order valence-electron chi connectivity index (χ3n) is 4.61. The highest BCUT2D eigenvalue weighted by Crippen LogP contribution is 2.28. The lowest BCUT2D eigenvalue weighted by Gasteiger charge is -2.22. The minimum absolute atomic E-state index is 0.270. The molecular formula is C21H23N3O4. The second-order valence-electron chi connectivity index (χ2n) is 6.83. The van der Waals surface area contributed by atoms with E-state index >= 15 is 0 Å². The molecule has 2 aromatic rings. The van der Waals surface area contributed by atoms with E-state index in [4.69, 9.17) is 4.74 Å². The van der Waals surface area contributed by atoms with Crippen LogP contribution >= 0.6 is 0 Å². The maximum atomic E-state index is 12.8. The van der Waals surface area contributed by atoms with Gasteiger partial charge in [-0.25, -0.2) is 4.79 Å². The molecule has 28 heavy (non-hydrogen) atoms.